The zero-order valence-corrected chi connectivity index (χ0v) is 20.6. The molecule has 176 valence electrons. The van der Waals surface area contributed by atoms with Crippen molar-refractivity contribution in [3.8, 4) is 17.0 Å². The van der Waals surface area contributed by atoms with Crippen LogP contribution in [0.25, 0.3) is 11.1 Å². The van der Waals surface area contributed by atoms with Gasteiger partial charge in [-0.25, -0.2) is 4.98 Å². The van der Waals surface area contributed by atoms with Gasteiger partial charge in [0.05, 0.1) is 12.2 Å². The quantitative estimate of drug-likeness (QED) is 0.424. The first-order valence-corrected chi connectivity index (χ1v) is 11.7. The Balaban J connectivity index is 1.63. The monoisotopic (exact) mass is 447 g/mol. The number of rotatable bonds is 9. The highest BCUT2D eigenvalue weighted by Crippen LogP contribution is 2.35. The van der Waals surface area contributed by atoms with Gasteiger partial charge >= 0.3 is 0 Å². The van der Waals surface area contributed by atoms with Crippen LogP contribution in [-0.4, -0.2) is 22.3 Å². The number of nitrogens with zero attached hydrogens (tertiary/aromatic N) is 1. The molecule has 33 heavy (non-hydrogen) atoms. The maximum atomic E-state index is 9.83. The van der Waals surface area contributed by atoms with Crippen molar-refractivity contribution in [2.75, 3.05) is 6.61 Å². The molecular formula is C29H37NO3. The summed E-state index contributed by atoms with van der Waals surface area (Å²) in [6.07, 6.45) is 7.06. The zero-order valence-electron chi connectivity index (χ0n) is 20.6. The first kappa shape index (κ1) is 24.8. The lowest BCUT2D eigenvalue weighted by Crippen LogP contribution is -2.22. The second-order valence-electron chi connectivity index (χ2n) is 9.65. The van der Waals surface area contributed by atoms with E-state index in [1.807, 2.05) is 25.1 Å². The van der Waals surface area contributed by atoms with Crippen molar-refractivity contribution in [2.24, 2.45) is 5.92 Å². The minimum absolute atomic E-state index is 0.427. The lowest BCUT2D eigenvalue weighted by atomic mass is 10.0. The topological polar surface area (TPSA) is 51.6 Å². The predicted molar refractivity (Wildman–Crippen MR) is 135 cm³/mol. The molecule has 1 aliphatic carbocycles. The third-order valence-electron chi connectivity index (χ3n) is 5.92. The Labute approximate surface area is 198 Å². The zero-order chi connectivity index (χ0) is 24.0. The van der Waals surface area contributed by atoms with Crippen LogP contribution >= 0.6 is 0 Å². The average molecular weight is 448 g/mol. The molecule has 0 saturated heterocycles. The molecule has 4 heteroatoms. The van der Waals surface area contributed by atoms with E-state index in [0.717, 1.165) is 35.2 Å². The van der Waals surface area contributed by atoms with Crippen LogP contribution in [0.4, 0.5) is 0 Å². The lowest BCUT2D eigenvalue weighted by molar-refractivity contribution is 0.0547. The molecule has 1 aromatic heterocycles. The summed E-state index contributed by atoms with van der Waals surface area (Å²) >= 11 is 0. The van der Waals surface area contributed by atoms with Crippen molar-refractivity contribution in [2.45, 2.75) is 66.1 Å². The van der Waals surface area contributed by atoms with Gasteiger partial charge in [-0.2, -0.15) is 0 Å². The van der Waals surface area contributed by atoms with Gasteiger partial charge in [0.25, 0.3) is 0 Å². The van der Waals surface area contributed by atoms with Crippen molar-refractivity contribution >= 4 is 0 Å². The summed E-state index contributed by atoms with van der Waals surface area (Å²) in [5.74, 6) is 1.96. The summed E-state index contributed by atoms with van der Waals surface area (Å²) in [6, 6.07) is 12.2. The maximum Gasteiger partial charge on any atom is 0.213 e. The SMILES string of the molecule is C=C(/C=C1/C[C@H](C)C/C1=C/C)OCc1cccc(-c2ccc(OCCC(C)(C)O)nc2C)c1. The molecule has 0 bridgehead atoms. The molecule has 0 amide bonds. The summed E-state index contributed by atoms with van der Waals surface area (Å²) in [6.45, 7) is 14.9. The van der Waals surface area contributed by atoms with Gasteiger partial charge in [0, 0.05) is 23.7 Å². The van der Waals surface area contributed by atoms with E-state index in [2.05, 4.69) is 55.8 Å². The molecule has 1 saturated carbocycles. The normalized spacial score (nSPS) is 18.7. The van der Waals surface area contributed by atoms with Gasteiger partial charge in [-0.1, -0.05) is 37.8 Å². The highest BCUT2D eigenvalue weighted by atomic mass is 16.5. The van der Waals surface area contributed by atoms with E-state index in [0.29, 0.717) is 37.2 Å². The van der Waals surface area contributed by atoms with E-state index in [4.69, 9.17) is 9.47 Å². The lowest BCUT2D eigenvalue weighted by Gasteiger charge is -2.17. The smallest absolute Gasteiger partial charge is 0.213 e. The molecule has 0 radical (unpaired) electrons. The highest BCUT2D eigenvalue weighted by Gasteiger charge is 2.20. The fourth-order valence-electron chi connectivity index (χ4n) is 4.11. The maximum absolute atomic E-state index is 9.83. The summed E-state index contributed by atoms with van der Waals surface area (Å²) in [4.78, 5) is 4.59. The second kappa shape index (κ2) is 10.8. The Morgan fingerprint density at radius 1 is 1.21 bits per heavy atom. The fraction of sp³-hybridized carbons (Fsp3) is 0.414. The van der Waals surface area contributed by atoms with Crippen LogP contribution in [0, 0.1) is 12.8 Å². The Hall–Kier alpha value is -2.85. The number of ether oxygens (including phenoxy) is 2. The molecule has 2 aromatic rings. The molecule has 3 rings (SSSR count). The van der Waals surface area contributed by atoms with Crippen molar-refractivity contribution in [1.29, 1.82) is 0 Å². The van der Waals surface area contributed by atoms with Crippen LogP contribution in [0.15, 0.2) is 72.0 Å². The third kappa shape index (κ3) is 7.33. The number of aliphatic hydroxyl groups is 1. The Morgan fingerprint density at radius 3 is 2.67 bits per heavy atom. The molecule has 1 fully saturated rings. The van der Waals surface area contributed by atoms with Crippen molar-refractivity contribution in [1.82, 2.24) is 4.98 Å². The molecule has 1 N–H and O–H groups in total. The predicted octanol–water partition coefficient (Wildman–Crippen LogP) is 6.93. The standard InChI is InChI=1S/C29H37NO3/c1-7-24-15-20(2)16-26(24)17-21(3)33-19-23-9-8-10-25(18-23)27-11-12-28(30-22(27)4)32-14-13-29(5,6)31/h7-12,17-18,20,31H,3,13-16,19H2,1-2,4-6H3/b24-7-,26-17-/t20-/m1/s1. The van der Waals surface area contributed by atoms with Crippen LogP contribution in [0.1, 0.15) is 58.2 Å². The van der Waals surface area contributed by atoms with Crippen LogP contribution in [0.2, 0.25) is 0 Å². The van der Waals surface area contributed by atoms with Crippen LogP contribution in [-0.2, 0) is 11.3 Å². The Kier molecular flexibility index (Phi) is 8.15. The molecule has 1 atom stereocenters. The van der Waals surface area contributed by atoms with Gasteiger partial charge in [0.1, 0.15) is 12.4 Å². The molecule has 0 spiro atoms. The van der Waals surface area contributed by atoms with Gasteiger partial charge in [-0.15, -0.1) is 0 Å². The molecule has 0 unspecified atom stereocenters. The van der Waals surface area contributed by atoms with Gasteiger partial charge in [0.2, 0.25) is 5.88 Å². The van der Waals surface area contributed by atoms with E-state index < -0.39 is 5.60 Å². The largest absolute Gasteiger partial charge is 0.490 e. The number of aromatic nitrogens is 1. The molecule has 1 aliphatic rings. The number of benzene rings is 1. The number of hydrogen-bond acceptors (Lipinski definition) is 4. The Morgan fingerprint density at radius 2 is 1.97 bits per heavy atom. The van der Waals surface area contributed by atoms with Crippen molar-refractivity contribution in [3.05, 3.63) is 83.3 Å². The van der Waals surface area contributed by atoms with Gasteiger partial charge in [-0.3, -0.25) is 0 Å². The van der Waals surface area contributed by atoms with E-state index in [-0.39, 0.29) is 0 Å². The summed E-state index contributed by atoms with van der Waals surface area (Å²) in [5.41, 5.74) is 6.14. The van der Waals surface area contributed by atoms with Crippen molar-refractivity contribution < 1.29 is 14.6 Å². The van der Waals surface area contributed by atoms with Crippen LogP contribution in [0.3, 0.4) is 0 Å². The summed E-state index contributed by atoms with van der Waals surface area (Å²) < 4.78 is 11.7. The molecule has 1 aromatic carbocycles. The first-order chi connectivity index (χ1) is 15.6. The van der Waals surface area contributed by atoms with E-state index in [1.165, 1.54) is 11.1 Å². The average Bonchev–Trinajstić information content (AvgIpc) is 3.10. The fourth-order valence-corrected chi connectivity index (χ4v) is 4.11. The summed E-state index contributed by atoms with van der Waals surface area (Å²) in [7, 11) is 0. The molecule has 4 nitrogen and oxygen atoms in total. The molecule has 0 aliphatic heterocycles. The van der Waals surface area contributed by atoms with E-state index in [9.17, 15) is 5.11 Å². The molecular weight excluding hydrogens is 410 g/mol. The number of hydrogen-bond donors (Lipinski definition) is 1. The molecule has 1 heterocycles. The van der Waals surface area contributed by atoms with E-state index in [1.54, 1.807) is 13.8 Å². The highest BCUT2D eigenvalue weighted by molar-refractivity contribution is 5.66. The Bertz CT molecular complexity index is 1040. The van der Waals surface area contributed by atoms with Gasteiger partial charge < -0.3 is 14.6 Å². The number of pyridine rings is 1. The van der Waals surface area contributed by atoms with Gasteiger partial charge in [0.15, 0.2) is 0 Å². The summed E-state index contributed by atoms with van der Waals surface area (Å²) in [5, 5.41) is 9.83. The minimum atomic E-state index is -0.746. The van der Waals surface area contributed by atoms with Gasteiger partial charge in [-0.05, 0) is 86.9 Å². The second-order valence-corrected chi connectivity index (χ2v) is 9.65. The number of allylic oxidation sites excluding steroid dienone is 4. The van der Waals surface area contributed by atoms with Crippen molar-refractivity contribution in [3.63, 3.8) is 0 Å². The van der Waals surface area contributed by atoms with Crippen LogP contribution in [0.5, 0.6) is 5.88 Å². The third-order valence-corrected chi connectivity index (χ3v) is 5.92. The minimum Gasteiger partial charge on any atom is -0.490 e. The first-order valence-electron chi connectivity index (χ1n) is 11.7. The van der Waals surface area contributed by atoms with E-state index >= 15 is 0 Å². The number of aryl methyl sites for hydroxylation is 1. The van der Waals surface area contributed by atoms with Crippen LogP contribution < -0.4 is 4.74 Å².